The lowest BCUT2D eigenvalue weighted by Crippen LogP contribution is -2.04. The summed E-state index contributed by atoms with van der Waals surface area (Å²) in [5, 5.41) is 1.99. The maximum atomic E-state index is 12.8. The van der Waals surface area contributed by atoms with Gasteiger partial charge in [0.05, 0.1) is 16.8 Å². The summed E-state index contributed by atoms with van der Waals surface area (Å²) in [5.74, 6) is 0.775. The molecule has 0 amide bonds. The minimum absolute atomic E-state index is 0.389. The van der Waals surface area contributed by atoms with Crippen molar-refractivity contribution in [1.82, 2.24) is 4.98 Å². The van der Waals surface area contributed by atoms with E-state index in [1.54, 1.807) is 5.51 Å². The van der Waals surface area contributed by atoms with Crippen molar-refractivity contribution in [3.8, 4) is 28.1 Å². The van der Waals surface area contributed by atoms with Crippen molar-refractivity contribution in [3.05, 3.63) is 93.8 Å². The smallest absolute Gasteiger partial charge is 0.416 e. The van der Waals surface area contributed by atoms with Gasteiger partial charge in [0.2, 0.25) is 0 Å². The van der Waals surface area contributed by atoms with Crippen LogP contribution in [0.4, 0.5) is 13.2 Å². The van der Waals surface area contributed by atoms with E-state index >= 15 is 0 Å². The van der Waals surface area contributed by atoms with E-state index in [2.05, 4.69) is 4.98 Å². The monoisotopic (exact) mass is 439 g/mol. The van der Waals surface area contributed by atoms with E-state index in [4.69, 9.17) is 4.74 Å². The first-order valence-electron chi connectivity index (χ1n) is 9.70. The van der Waals surface area contributed by atoms with Crippen LogP contribution in [-0.2, 0) is 12.8 Å². The van der Waals surface area contributed by atoms with Gasteiger partial charge in [0.15, 0.2) is 0 Å². The van der Waals surface area contributed by atoms with E-state index < -0.39 is 11.7 Å². The summed E-state index contributed by atoms with van der Waals surface area (Å²) in [7, 11) is 0. The number of nitrogens with zero attached hydrogens (tertiary/aromatic N) is 1. The standard InChI is InChI=1S/C25H20F3NOS/c1-16-3-10-22(23-14-31-15-29-23)24(11-16)30-13-20-5-4-19(12-17(20)2)18-6-8-21(9-7-18)25(26,27)28/h3-12,14-15H,13H2,1-2H3. The van der Waals surface area contributed by atoms with Crippen molar-refractivity contribution in [2.75, 3.05) is 0 Å². The van der Waals surface area contributed by atoms with Crippen molar-refractivity contribution in [1.29, 1.82) is 0 Å². The van der Waals surface area contributed by atoms with Gasteiger partial charge in [-0.3, -0.25) is 0 Å². The third kappa shape index (κ3) is 4.80. The van der Waals surface area contributed by atoms with E-state index in [0.29, 0.717) is 6.61 Å². The van der Waals surface area contributed by atoms with Gasteiger partial charge in [0, 0.05) is 10.9 Å². The quantitative estimate of drug-likeness (QED) is 0.318. The fourth-order valence-electron chi connectivity index (χ4n) is 3.35. The molecule has 0 spiro atoms. The van der Waals surface area contributed by atoms with Gasteiger partial charge in [-0.2, -0.15) is 13.2 Å². The number of rotatable bonds is 5. The Morgan fingerprint density at radius 3 is 2.29 bits per heavy atom. The molecule has 0 radical (unpaired) electrons. The fraction of sp³-hybridized carbons (Fsp3) is 0.160. The second kappa shape index (κ2) is 8.55. The zero-order valence-corrected chi connectivity index (χ0v) is 17.8. The van der Waals surface area contributed by atoms with Crippen LogP contribution in [0.15, 0.2) is 71.6 Å². The number of halogens is 3. The van der Waals surface area contributed by atoms with Gasteiger partial charge >= 0.3 is 6.18 Å². The van der Waals surface area contributed by atoms with Gasteiger partial charge < -0.3 is 4.74 Å². The normalized spacial score (nSPS) is 11.5. The van der Waals surface area contributed by atoms with Crippen molar-refractivity contribution >= 4 is 11.3 Å². The molecule has 0 N–H and O–H groups in total. The Hall–Kier alpha value is -3.12. The number of alkyl halides is 3. The summed E-state index contributed by atoms with van der Waals surface area (Å²) in [6.45, 7) is 4.38. The van der Waals surface area contributed by atoms with Gasteiger partial charge in [-0.15, -0.1) is 11.3 Å². The average Bonchev–Trinajstić information content (AvgIpc) is 3.27. The summed E-state index contributed by atoms with van der Waals surface area (Å²) >= 11 is 1.54. The average molecular weight is 440 g/mol. The van der Waals surface area contributed by atoms with Crippen molar-refractivity contribution < 1.29 is 17.9 Å². The number of hydrogen-bond acceptors (Lipinski definition) is 3. The van der Waals surface area contributed by atoms with E-state index in [0.717, 1.165) is 57.0 Å². The summed E-state index contributed by atoms with van der Waals surface area (Å²) < 4.78 is 44.5. The van der Waals surface area contributed by atoms with Gasteiger partial charge in [-0.25, -0.2) is 4.98 Å². The first-order chi connectivity index (χ1) is 14.8. The molecule has 1 heterocycles. The topological polar surface area (TPSA) is 22.1 Å². The zero-order chi connectivity index (χ0) is 22.0. The minimum atomic E-state index is -4.33. The first kappa shape index (κ1) is 21.1. The molecule has 0 aliphatic carbocycles. The van der Waals surface area contributed by atoms with Gasteiger partial charge in [0.1, 0.15) is 12.4 Å². The highest BCUT2D eigenvalue weighted by atomic mass is 32.1. The van der Waals surface area contributed by atoms with E-state index in [1.165, 1.54) is 23.5 Å². The molecule has 0 saturated heterocycles. The Labute approximate surface area is 183 Å². The maximum absolute atomic E-state index is 12.8. The number of ether oxygens (including phenoxy) is 1. The second-order valence-corrected chi connectivity index (χ2v) is 8.10. The summed E-state index contributed by atoms with van der Waals surface area (Å²) in [5.41, 5.74) is 7.72. The molecule has 158 valence electrons. The molecule has 3 aromatic carbocycles. The predicted octanol–water partition coefficient (Wildman–Crippen LogP) is 7.69. The summed E-state index contributed by atoms with van der Waals surface area (Å²) in [6.07, 6.45) is -4.33. The molecule has 4 aromatic rings. The third-order valence-electron chi connectivity index (χ3n) is 5.12. The Bertz CT molecular complexity index is 1180. The third-order valence-corrected chi connectivity index (χ3v) is 5.70. The van der Waals surface area contributed by atoms with Crippen LogP contribution >= 0.6 is 11.3 Å². The highest BCUT2D eigenvalue weighted by molar-refractivity contribution is 7.07. The van der Waals surface area contributed by atoms with Crippen LogP contribution in [-0.4, -0.2) is 4.98 Å². The lowest BCUT2D eigenvalue weighted by atomic mass is 9.99. The molecular formula is C25H20F3NOS. The molecule has 0 aliphatic heterocycles. The molecule has 6 heteroatoms. The second-order valence-electron chi connectivity index (χ2n) is 7.38. The SMILES string of the molecule is Cc1ccc(-c2cscn2)c(OCc2ccc(-c3ccc(C(F)(F)F)cc3)cc2C)c1. The highest BCUT2D eigenvalue weighted by Gasteiger charge is 2.29. The molecule has 0 saturated carbocycles. The lowest BCUT2D eigenvalue weighted by Gasteiger charge is -2.14. The molecule has 1 aromatic heterocycles. The largest absolute Gasteiger partial charge is 0.488 e. The van der Waals surface area contributed by atoms with Crippen molar-refractivity contribution in [2.45, 2.75) is 26.6 Å². The van der Waals surface area contributed by atoms with E-state index in [9.17, 15) is 13.2 Å². The van der Waals surface area contributed by atoms with Crippen molar-refractivity contribution in [2.24, 2.45) is 0 Å². The van der Waals surface area contributed by atoms with Crippen molar-refractivity contribution in [3.63, 3.8) is 0 Å². The molecule has 2 nitrogen and oxygen atoms in total. The molecule has 0 atom stereocenters. The van der Waals surface area contributed by atoms with E-state index in [1.807, 2.05) is 55.6 Å². The molecule has 0 bridgehead atoms. The van der Waals surface area contributed by atoms with Crippen LogP contribution in [0, 0.1) is 13.8 Å². The molecule has 0 unspecified atom stereocenters. The maximum Gasteiger partial charge on any atom is 0.416 e. The first-order valence-corrected chi connectivity index (χ1v) is 10.6. The Kier molecular flexibility index (Phi) is 5.83. The van der Waals surface area contributed by atoms with Gasteiger partial charge in [0.25, 0.3) is 0 Å². The Morgan fingerprint density at radius 2 is 1.65 bits per heavy atom. The summed E-state index contributed by atoms with van der Waals surface area (Å²) in [6, 6.07) is 17.1. The zero-order valence-electron chi connectivity index (χ0n) is 17.0. The Morgan fingerprint density at radius 1 is 0.903 bits per heavy atom. The fourth-order valence-corrected chi connectivity index (χ4v) is 3.90. The lowest BCUT2D eigenvalue weighted by molar-refractivity contribution is -0.137. The summed E-state index contributed by atoms with van der Waals surface area (Å²) in [4.78, 5) is 4.38. The highest BCUT2D eigenvalue weighted by Crippen LogP contribution is 2.33. The van der Waals surface area contributed by atoms with Gasteiger partial charge in [-0.05, 0) is 65.9 Å². The van der Waals surface area contributed by atoms with Crippen LogP contribution in [0.5, 0.6) is 5.75 Å². The van der Waals surface area contributed by atoms with E-state index in [-0.39, 0.29) is 0 Å². The van der Waals surface area contributed by atoms with Crippen LogP contribution in [0.1, 0.15) is 22.3 Å². The predicted molar refractivity (Wildman–Crippen MR) is 118 cm³/mol. The number of aryl methyl sites for hydroxylation is 2. The molecule has 0 fully saturated rings. The Balaban J connectivity index is 1.53. The van der Waals surface area contributed by atoms with Crippen LogP contribution < -0.4 is 4.74 Å². The minimum Gasteiger partial charge on any atom is -0.488 e. The number of hydrogen-bond donors (Lipinski definition) is 0. The number of aromatic nitrogens is 1. The molecule has 4 rings (SSSR count). The number of benzene rings is 3. The van der Waals surface area contributed by atoms with Crippen LogP contribution in [0.25, 0.3) is 22.4 Å². The molecule has 31 heavy (non-hydrogen) atoms. The molecular weight excluding hydrogens is 419 g/mol. The number of thiazole rings is 1. The van der Waals surface area contributed by atoms with Crippen LogP contribution in [0.2, 0.25) is 0 Å². The molecule has 0 aliphatic rings. The van der Waals surface area contributed by atoms with Crippen LogP contribution in [0.3, 0.4) is 0 Å². The van der Waals surface area contributed by atoms with Gasteiger partial charge in [-0.1, -0.05) is 36.4 Å².